The van der Waals surface area contributed by atoms with Gasteiger partial charge < -0.3 is 10.7 Å². The van der Waals surface area contributed by atoms with Gasteiger partial charge in [0.05, 0.1) is 0 Å². The van der Waals surface area contributed by atoms with Gasteiger partial charge in [-0.05, 0) is 19.4 Å². The highest BCUT2D eigenvalue weighted by atomic mass is 15.3. The monoisotopic (exact) mass is 292 g/mol. The van der Waals surface area contributed by atoms with Gasteiger partial charge in [0, 0.05) is 30.6 Å². The van der Waals surface area contributed by atoms with Gasteiger partial charge in [-0.25, -0.2) is 15.8 Å². The van der Waals surface area contributed by atoms with E-state index in [4.69, 9.17) is 5.84 Å². The van der Waals surface area contributed by atoms with Crippen molar-refractivity contribution < 1.29 is 0 Å². The molecule has 1 aromatic heterocycles. The Morgan fingerprint density at radius 3 is 2.48 bits per heavy atom. The fraction of sp³-hybridized carbons (Fsp3) is 0.733. The molecule has 6 nitrogen and oxygen atoms in total. The van der Waals surface area contributed by atoms with Crippen LogP contribution in [0.2, 0.25) is 0 Å². The summed E-state index contributed by atoms with van der Waals surface area (Å²) in [6.45, 7) is 11.5. The molecule has 0 unspecified atom stereocenters. The van der Waals surface area contributed by atoms with Gasteiger partial charge in [-0.2, -0.15) is 0 Å². The second-order valence-corrected chi connectivity index (χ2v) is 6.64. The average Bonchev–Trinajstić information content (AvgIpc) is 3.27. The minimum absolute atomic E-state index is 0.104. The van der Waals surface area contributed by atoms with E-state index in [9.17, 15) is 0 Å². The second-order valence-electron chi connectivity index (χ2n) is 6.64. The molecule has 0 spiro atoms. The molecule has 4 N–H and O–H groups in total. The predicted molar refractivity (Wildman–Crippen MR) is 87.3 cm³/mol. The van der Waals surface area contributed by atoms with E-state index < -0.39 is 0 Å². The Morgan fingerprint density at radius 2 is 1.95 bits per heavy atom. The fourth-order valence-electron chi connectivity index (χ4n) is 2.31. The van der Waals surface area contributed by atoms with Gasteiger partial charge in [0.15, 0.2) is 0 Å². The van der Waals surface area contributed by atoms with Gasteiger partial charge in [0.25, 0.3) is 0 Å². The van der Waals surface area contributed by atoms with Crippen molar-refractivity contribution in [3.63, 3.8) is 0 Å². The molecule has 1 heterocycles. The number of hydrazine groups is 1. The lowest BCUT2D eigenvalue weighted by molar-refractivity contribution is 0.289. The van der Waals surface area contributed by atoms with Crippen molar-refractivity contribution in [2.24, 2.45) is 5.84 Å². The topological polar surface area (TPSA) is 79.1 Å². The van der Waals surface area contributed by atoms with Crippen LogP contribution in [-0.2, 0) is 5.41 Å². The molecule has 21 heavy (non-hydrogen) atoms. The molecular formula is C15H28N6. The van der Waals surface area contributed by atoms with E-state index in [1.807, 2.05) is 6.07 Å². The van der Waals surface area contributed by atoms with Gasteiger partial charge in [-0.1, -0.05) is 27.7 Å². The van der Waals surface area contributed by atoms with Crippen LogP contribution in [0.1, 0.15) is 46.4 Å². The third kappa shape index (κ3) is 4.54. The van der Waals surface area contributed by atoms with Gasteiger partial charge in [0.1, 0.15) is 17.5 Å². The van der Waals surface area contributed by atoms with E-state index in [0.717, 1.165) is 37.3 Å². The van der Waals surface area contributed by atoms with Gasteiger partial charge in [0.2, 0.25) is 0 Å². The molecule has 1 aliphatic rings. The van der Waals surface area contributed by atoms with Gasteiger partial charge >= 0.3 is 0 Å². The number of nitrogens with zero attached hydrogens (tertiary/aromatic N) is 3. The van der Waals surface area contributed by atoms with Crippen molar-refractivity contribution in [2.75, 3.05) is 30.4 Å². The van der Waals surface area contributed by atoms with Crippen molar-refractivity contribution >= 4 is 11.6 Å². The number of anilines is 2. The fourth-order valence-corrected chi connectivity index (χ4v) is 2.31. The van der Waals surface area contributed by atoms with Crippen LogP contribution in [0, 0.1) is 0 Å². The average molecular weight is 292 g/mol. The molecule has 0 atom stereocenters. The summed E-state index contributed by atoms with van der Waals surface area (Å²) in [4.78, 5) is 11.5. The van der Waals surface area contributed by atoms with Crippen LogP contribution in [0.25, 0.3) is 0 Å². The Bertz CT molecular complexity index is 464. The van der Waals surface area contributed by atoms with E-state index in [1.54, 1.807) is 0 Å². The molecule has 0 aliphatic heterocycles. The zero-order chi connectivity index (χ0) is 15.5. The lowest BCUT2D eigenvalue weighted by atomic mass is 9.96. The molecule has 0 saturated heterocycles. The number of nitrogen functional groups attached to an aromatic ring is 1. The smallest absolute Gasteiger partial charge is 0.145 e. The van der Waals surface area contributed by atoms with E-state index >= 15 is 0 Å². The second kappa shape index (κ2) is 6.58. The molecule has 0 bridgehead atoms. The zero-order valence-electron chi connectivity index (χ0n) is 13.6. The highest BCUT2D eigenvalue weighted by molar-refractivity contribution is 5.47. The number of likely N-dealkylation sites (N-methyl/N-ethyl adjacent to an activating group) is 1. The molecule has 1 aliphatic carbocycles. The summed E-state index contributed by atoms with van der Waals surface area (Å²) in [5.41, 5.74) is 2.51. The van der Waals surface area contributed by atoms with Gasteiger partial charge in [-0.15, -0.1) is 0 Å². The van der Waals surface area contributed by atoms with Crippen LogP contribution in [0.5, 0.6) is 0 Å². The first-order valence-electron chi connectivity index (χ1n) is 7.78. The van der Waals surface area contributed by atoms with E-state index in [1.165, 1.54) is 12.8 Å². The minimum atomic E-state index is -0.104. The van der Waals surface area contributed by atoms with Crippen molar-refractivity contribution in [3.8, 4) is 0 Å². The summed E-state index contributed by atoms with van der Waals surface area (Å²) in [6, 6.07) is 2.65. The molecule has 0 radical (unpaired) electrons. The third-order valence-corrected chi connectivity index (χ3v) is 3.72. The third-order valence-electron chi connectivity index (χ3n) is 3.72. The maximum atomic E-state index is 5.50. The Morgan fingerprint density at radius 1 is 1.29 bits per heavy atom. The van der Waals surface area contributed by atoms with Crippen LogP contribution in [-0.4, -0.2) is 40.5 Å². The number of aromatic nitrogens is 2. The van der Waals surface area contributed by atoms with Crippen LogP contribution in [0.3, 0.4) is 0 Å². The number of hydrogen-bond acceptors (Lipinski definition) is 6. The molecule has 1 aromatic rings. The summed E-state index contributed by atoms with van der Waals surface area (Å²) in [5.74, 6) is 7.76. The van der Waals surface area contributed by atoms with Crippen LogP contribution in [0.15, 0.2) is 6.07 Å². The standard InChI is InChI=1S/C15H28N6/c1-5-21(11-6-7-11)9-8-17-12-10-13(20-16)19-14(18-12)15(2,3)4/h10-11H,5-9,16H2,1-4H3,(H2,17,18,19,20). The molecular weight excluding hydrogens is 264 g/mol. The molecule has 6 heteroatoms. The number of nitrogens with two attached hydrogens (primary N) is 1. The first kappa shape index (κ1) is 16.0. The summed E-state index contributed by atoms with van der Waals surface area (Å²) < 4.78 is 0. The Kier molecular flexibility index (Phi) is 5.00. The lowest BCUT2D eigenvalue weighted by Gasteiger charge is -2.21. The Labute approximate surface area is 127 Å². The summed E-state index contributed by atoms with van der Waals surface area (Å²) >= 11 is 0. The van der Waals surface area contributed by atoms with E-state index in [-0.39, 0.29) is 5.41 Å². The normalized spacial score (nSPS) is 15.3. The molecule has 0 aromatic carbocycles. The molecule has 1 saturated carbocycles. The zero-order valence-corrected chi connectivity index (χ0v) is 13.6. The Hall–Kier alpha value is -1.40. The van der Waals surface area contributed by atoms with E-state index in [0.29, 0.717) is 5.82 Å². The molecule has 2 rings (SSSR count). The maximum Gasteiger partial charge on any atom is 0.145 e. The molecule has 1 fully saturated rings. The largest absolute Gasteiger partial charge is 0.369 e. The van der Waals surface area contributed by atoms with Crippen molar-refractivity contribution in [1.82, 2.24) is 14.9 Å². The van der Waals surface area contributed by atoms with Gasteiger partial charge in [-0.3, -0.25) is 4.90 Å². The Balaban J connectivity index is 1.98. The number of nitrogens with one attached hydrogen (secondary N) is 2. The van der Waals surface area contributed by atoms with Crippen molar-refractivity contribution in [2.45, 2.75) is 52.0 Å². The number of rotatable bonds is 7. The molecule has 118 valence electrons. The SMILES string of the molecule is CCN(CCNc1cc(NN)nc(C(C)(C)C)n1)C1CC1. The van der Waals surface area contributed by atoms with Crippen LogP contribution >= 0.6 is 0 Å². The summed E-state index contributed by atoms with van der Waals surface area (Å²) in [5, 5.41) is 3.39. The van der Waals surface area contributed by atoms with Crippen LogP contribution in [0.4, 0.5) is 11.6 Å². The highest BCUT2D eigenvalue weighted by Gasteiger charge is 2.27. The quantitative estimate of drug-likeness (QED) is 0.526. The van der Waals surface area contributed by atoms with Crippen molar-refractivity contribution in [3.05, 3.63) is 11.9 Å². The lowest BCUT2D eigenvalue weighted by Crippen LogP contribution is -2.31. The summed E-state index contributed by atoms with van der Waals surface area (Å²) in [7, 11) is 0. The maximum absolute atomic E-state index is 5.50. The minimum Gasteiger partial charge on any atom is -0.369 e. The van der Waals surface area contributed by atoms with Crippen LogP contribution < -0.4 is 16.6 Å². The number of hydrogen-bond donors (Lipinski definition) is 3. The highest BCUT2D eigenvalue weighted by Crippen LogP contribution is 2.26. The first-order chi connectivity index (χ1) is 9.94. The van der Waals surface area contributed by atoms with Crippen molar-refractivity contribution in [1.29, 1.82) is 0 Å². The first-order valence-corrected chi connectivity index (χ1v) is 7.78. The molecule has 0 amide bonds. The van der Waals surface area contributed by atoms with E-state index in [2.05, 4.69) is 53.3 Å². The summed E-state index contributed by atoms with van der Waals surface area (Å²) in [6.07, 6.45) is 2.69. The predicted octanol–water partition coefficient (Wildman–Crippen LogP) is 1.96.